The molecule has 15 heteroatoms. The van der Waals surface area contributed by atoms with Crippen LogP contribution in [0.1, 0.15) is 11.8 Å². The van der Waals surface area contributed by atoms with Crippen molar-refractivity contribution in [2.45, 2.75) is 37.3 Å². The minimum Gasteiger partial charge on any atom is -0.479 e. The molecule has 5 atom stereocenters. The third kappa shape index (κ3) is 4.88. The van der Waals surface area contributed by atoms with Crippen LogP contribution < -0.4 is 17.4 Å². The van der Waals surface area contributed by atoms with E-state index in [1.165, 1.54) is 6.92 Å². The van der Waals surface area contributed by atoms with Gasteiger partial charge in [-0.1, -0.05) is 0 Å². The maximum absolute atomic E-state index is 11.8. The van der Waals surface area contributed by atoms with E-state index in [2.05, 4.69) is 4.74 Å². The summed E-state index contributed by atoms with van der Waals surface area (Å²) in [5, 5.41) is 28.8. The molecule has 0 bridgehead atoms. The smallest absolute Gasteiger partial charge is 0.365 e. The quantitative estimate of drug-likeness (QED) is 0.234. The third-order valence-electron chi connectivity index (χ3n) is 3.69. The molecule has 1 aromatic heterocycles. The number of carbonyl (C=O) groups is 1. The van der Waals surface area contributed by atoms with Gasteiger partial charge in [-0.25, -0.2) is 9.59 Å². The van der Waals surface area contributed by atoms with Crippen molar-refractivity contribution in [3.8, 4) is 0 Å². The predicted molar refractivity (Wildman–Crippen MR) is 86.4 cm³/mol. The first-order chi connectivity index (χ1) is 11.9. The largest absolute Gasteiger partial charge is 0.479 e. The van der Waals surface area contributed by atoms with Crippen molar-refractivity contribution in [1.82, 2.24) is 15.7 Å². The Morgan fingerprint density at radius 2 is 1.96 bits per heavy atom. The van der Waals surface area contributed by atoms with Gasteiger partial charge in [-0.15, -0.1) is 0 Å². The summed E-state index contributed by atoms with van der Waals surface area (Å²) < 4.78 is 21.8. The van der Waals surface area contributed by atoms with Crippen molar-refractivity contribution >= 4 is 13.6 Å². The zero-order valence-electron chi connectivity index (χ0n) is 14.0. The third-order valence-corrected chi connectivity index (χ3v) is 4.67. The highest BCUT2D eigenvalue weighted by molar-refractivity contribution is 7.53. The molecule has 0 radical (unpaired) electrons. The summed E-state index contributed by atoms with van der Waals surface area (Å²) in [4.78, 5) is 53.9. The number of H-pyrrole nitrogens is 1. The molecule has 1 saturated heterocycles. The number of hydrogen-bond acceptors (Lipinski definition) is 9. The highest BCUT2D eigenvalue weighted by Gasteiger charge is 2.46. The van der Waals surface area contributed by atoms with E-state index in [4.69, 9.17) is 19.6 Å². The molecule has 14 nitrogen and oxygen atoms in total. The number of rotatable bonds is 6. The fourth-order valence-corrected chi connectivity index (χ4v) is 2.94. The van der Waals surface area contributed by atoms with Crippen molar-refractivity contribution in [2.75, 3.05) is 6.61 Å². The van der Waals surface area contributed by atoms with E-state index in [0.717, 1.165) is 10.8 Å². The van der Waals surface area contributed by atoms with E-state index >= 15 is 0 Å². The number of hydrogen-bond donors (Lipinski definition) is 7. The SMILES string of the molecule is Cc1cn([C@@H]2O[C@H](COC(C(=O)O)P(=O)(O)O)[C@@H](O)[C@H]2O)c(=O)[nH]c1=O.N. The van der Waals surface area contributed by atoms with Gasteiger partial charge in [0.2, 0.25) is 0 Å². The summed E-state index contributed by atoms with van der Waals surface area (Å²) in [5.41, 5.74) is -1.44. The fourth-order valence-electron chi connectivity index (χ4n) is 2.37. The van der Waals surface area contributed by atoms with Crippen LogP contribution >= 0.6 is 7.60 Å². The number of nitrogens with zero attached hydrogens (tertiary/aromatic N) is 1. The standard InChI is InChI=1S/C12H17N2O11P.H3N/c1-4-2-14(12(20)13-8(4)17)9-7(16)6(15)5(25-9)3-24-11(10(18)19)26(21,22)23;/h2,5-7,9,11,15-16H,3H2,1H3,(H,18,19)(H,13,17,20)(H2,21,22,23);1H3/t5-,6-,7-,9-,11?;/m1./s1. The van der Waals surface area contributed by atoms with Crippen LogP contribution in [0.3, 0.4) is 0 Å². The lowest BCUT2D eigenvalue weighted by Crippen LogP contribution is -2.38. The van der Waals surface area contributed by atoms with Crippen LogP contribution in [-0.4, -0.2) is 71.4 Å². The van der Waals surface area contributed by atoms with Gasteiger partial charge in [0.05, 0.1) is 6.61 Å². The second-order valence-corrected chi connectivity index (χ2v) is 7.29. The van der Waals surface area contributed by atoms with Crippen LogP contribution in [0.5, 0.6) is 0 Å². The van der Waals surface area contributed by atoms with E-state index in [-0.39, 0.29) is 11.7 Å². The van der Waals surface area contributed by atoms with E-state index in [0.29, 0.717) is 0 Å². The van der Waals surface area contributed by atoms with Crippen molar-refractivity contribution in [2.24, 2.45) is 0 Å². The number of aliphatic hydroxyl groups excluding tert-OH is 2. The molecule has 27 heavy (non-hydrogen) atoms. The molecule has 0 amide bonds. The summed E-state index contributed by atoms with van der Waals surface area (Å²) in [6.45, 7) is 0.610. The Bertz CT molecular complexity index is 846. The molecule has 2 rings (SSSR count). The maximum atomic E-state index is 11.8. The Kier molecular flexibility index (Phi) is 7.21. The van der Waals surface area contributed by atoms with Gasteiger partial charge in [-0.05, 0) is 6.92 Å². The van der Waals surface area contributed by atoms with Crippen molar-refractivity contribution in [3.05, 3.63) is 32.6 Å². The maximum Gasteiger partial charge on any atom is 0.365 e. The van der Waals surface area contributed by atoms with Crippen LogP contribution in [-0.2, 0) is 18.8 Å². The van der Waals surface area contributed by atoms with E-state index in [1.54, 1.807) is 0 Å². The highest BCUT2D eigenvalue weighted by atomic mass is 31.2. The number of aromatic nitrogens is 2. The molecular formula is C12H20N3O11P. The van der Waals surface area contributed by atoms with E-state index < -0.39 is 61.8 Å². The summed E-state index contributed by atoms with van der Waals surface area (Å²) in [6, 6.07) is 0. The molecule has 1 aliphatic rings. The molecule has 9 N–H and O–H groups in total. The molecule has 0 aromatic carbocycles. The zero-order valence-corrected chi connectivity index (χ0v) is 14.9. The molecule has 1 aliphatic heterocycles. The number of carboxylic acids is 1. The second kappa shape index (κ2) is 8.41. The summed E-state index contributed by atoms with van der Waals surface area (Å²) >= 11 is 0. The number of aliphatic carboxylic acids is 1. The Balaban J connectivity index is 0.00000364. The average molecular weight is 413 g/mol. The van der Waals surface area contributed by atoms with E-state index in [1.807, 2.05) is 4.98 Å². The van der Waals surface area contributed by atoms with Crippen LogP contribution in [0, 0.1) is 6.92 Å². The number of carboxylic acid groups (broad SMARTS) is 1. The van der Waals surface area contributed by atoms with Crippen LogP contribution in [0.25, 0.3) is 0 Å². The zero-order chi connectivity index (χ0) is 19.8. The van der Waals surface area contributed by atoms with Crippen molar-refractivity contribution in [3.63, 3.8) is 0 Å². The number of aliphatic hydroxyl groups is 2. The van der Waals surface area contributed by atoms with Crippen molar-refractivity contribution < 1.29 is 43.9 Å². The van der Waals surface area contributed by atoms with Gasteiger partial charge in [0.25, 0.3) is 11.4 Å². The molecule has 1 unspecified atom stereocenters. The molecule has 154 valence electrons. The van der Waals surface area contributed by atoms with Crippen molar-refractivity contribution in [1.29, 1.82) is 0 Å². The minimum absolute atomic E-state index is 0. The van der Waals surface area contributed by atoms with Gasteiger partial charge in [-0.3, -0.25) is 18.9 Å². The first-order valence-electron chi connectivity index (χ1n) is 7.16. The summed E-state index contributed by atoms with van der Waals surface area (Å²) in [6.07, 6.45) is -5.02. The van der Waals surface area contributed by atoms with Gasteiger partial charge >= 0.3 is 19.3 Å². The lowest BCUT2D eigenvalue weighted by atomic mass is 10.1. The van der Waals surface area contributed by atoms with Gasteiger partial charge in [0.1, 0.15) is 18.3 Å². The fraction of sp³-hybridized carbons (Fsp3) is 0.583. The topological polar surface area (TPSA) is 244 Å². The Morgan fingerprint density at radius 1 is 1.37 bits per heavy atom. The van der Waals surface area contributed by atoms with Gasteiger partial charge < -0.3 is 40.7 Å². The average Bonchev–Trinajstić information content (AvgIpc) is 2.78. The number of nitrogens with one attached hydrogen (secondary N) is 1. The summed E-state index contributed by atoms with van der Waals surface area (Å²) in [5.74, 6) is -4.40. The first-order valence-corrected chi connectivity index (χ1v) is 8.85. The van der Waals surface area contributed by atoms with E-state index in [9.17, 15) is 29.2 Å². The number of ether oxygens (including phenoxy) is 2. The molecule has 0 aliphatic carbocycles. The molecule has 1 aromatic rings. The highest BCUT2D eigenvalue weighted by Crippen LogP contribution is 2.42. The van der Waals surface area contributed by atoms with Gasteiger partial charge in [-0.2, -0.15) is 0 Å². The Hall–Kier alpha value is -1.90. The van der Waals surface area contributed by atoms with Gasteiger partial charge in [0, 0.05) is 11.8 Å². The molecule has 1 fully saturated rings. The minimum atomic E-state index is -5.13. The van der Waals surface area contributed by atoms with Crippen LogP contribution in [0.2, 0.25) is 0 Å². The molecule has 2 heterocycles. The normalized spacial score (nSPS) is 26.4. The number of aryl methyl sites for hydroxylation is 1. The first kappa shape index (κ1) is 23.1. The molecular weight excluding hydrogens is 393 g/mol. The summed E-state index contributed by atoms with van der Waals surface area (Å²) in [7, 11) is -5.13. The predicted octanol–water partition coefficient (Wildman–Crippen LogP) is -2.77. The molecule has 0 saturated carbocycles. The Labute approximate surface area is 150 Å². The number of aromatic amines is 1. The molecule has 0 spiro atoms. The monoisotopic (exact) mass is 413 g/mol. The Morgan fingerprint density at radius 3 is 2.48 bits per heavy atom. The van der Waals surface area contributed by atoms with Crippen LogP contribution in [0.4, 0.5) is 0 Å². The lowest BCUT2D eigenvalue weighted by molar-refractivity contribution is -0.149. The lowest BCUT2D eigenvalue weighted by Gasteiger charge is -2.19. The second-order valence-electron chi connectivity index (χ2n) is 5.64. The van der Waals surface area contributed by atoms with Crippen LogP contribution in [0.15, 0.2) is 15.8 Å². The van der Waals surface area contributed by atoms with Gasteiger partial charge in [0.15, 0.2) is 6.23 Å².